The van der Waals surface area contributed by atoms with E-state index >= 15 is 0 Å². The quantitative estimate of drug-likeness (QED) is 0.716. The fourth-order valence-corrected chi connectivity index (χ4v) is 1.29. The first-order valence-corrected chi connectivity index (χ1v) is 4.39. The largest absolute Gasteiger partial charge is 0.469 e. The molecule has 1 unspecified atom stereocenters. The maximum absolute atomic E-state index is 11.3. The zero-order valence-corrected chi connectivity index (χ0v) is 8.36. The summed E-state index contributed by atoms with van der Waals surface area (Å²) in [4.78, 5) is 15.4. The highest BCUT2D eigenvalue weighted by Gasteiger charge is 2.19. The van der Waals surface area contributed by atoms with Crippen LogP contribution in [0.4, 0.5) is 0 Å². The van der Waals surface area contributed by atoms with Gasteiger partial charge >= 0.3 is 5.97 Å². The van der Waals surface area contributed by atoms with E-state index in [0.717, 1.165) is 11.3 Å². The van der Waals surface area contributed by atoms with E-state index in [-0.39, 0.29) is 18.4 Å². The molecule has 0 saturated carbocycles. The zero-order valence-electron chi connectivity index (χ0n) is 8.36. The Morgan fingerprint density at radius 1 is 1.71 bits per heavy atom. The normalized spacial score (nSPS) is 12.2. The van der Waals surface area contributed by atoms with Crippen LogP contribution in [0.5, 0.6) is 0 Å². The Morgan fingerprint density at radius 2 is 2.43 bits per heavy atom. The standard InChI is InChI=1S/C10H14N2O2/c1-7-5-8(3-4-12-7)9(6-11)10(13)14-2/h3-5,9H,6,11H2,1-2H3. The van der Waals surface area contributed by atoms with Gasteiger partial charge in [-0.15, -0.1) is 0 Å². The average molecular weight is 194 g/mol. The van der Waals surface area contributed by atoms with Crippen molar-refractivity contribution >= 4 is 5.97 Å². The molecule has 0 amide bonds. The van der Waals surface area contributed by atoms with Crippen LogP contribution < -0.4 is 5.73 Å². The minimum absolute atomic E-state index is 0.246. The first-order valence-electron chi connectivity index (χ1n) is 4.39. The van der Waals surface area contributed by atoms with Crippen molar-refractivity contribution in [1.82, 2.24) is 4.98 Å². The summed E-state index contributed by atoms with van der Waals surface area (Å²) >= 11 is 0. The number of ether oxygens (including phenoxy) is 1. The van der Waals surface area contributed by atoms with Gasteiger partial charge in [0.1, 0.15) is 0 Å². The predicted octanol–water partition coefficient (Wildman–Crippen LogP) is 0.605. The van der Waals surface area contributed by atoms with Gasteiger partial charge in [0, 0.05) is 18.4 Å². The van der Waals surface area contributed by atoms with Crippen molar-refractivity contribution in [3.8, 4) is 0 Å². The lowest BCUT2D eigenvalue weighted by Gasteiger charge is -2.12. The predicted molar refractivity (Wildman–Crippen MR) is 52.8 cm³/mol. The molecule has 0 aliphatic heterocycles. The Balaban J connectivity index is 2.94. The summed E-state index contributed by atoms with van der Waals surface area (Å²) in [5, 5.41) is 0. The van der Waals surface area contributed by atoms with Crippen LogP contribution in [-0.2, 0) is 9.53 Å². The van der Waals surface area contributed by atoms with Gasteiger partial charge in [-0.1, -0.05) is 0 Å². The number of hydrogen-bond donors (Lipinski definition) is 1. The van der Waals surface area contributed by atoms with E-state index in [1.54, 1.807) is 12.3 Å². The molecule has 4 nitrogen and oxygen atoms in total. The Hall–Kier alpha value is -1.42. The van der Waals surface area contributed by atoms with Crippen molar-refractivity contribution in [1.29, 1.82) is 0 Å². The molecule has 1 rings (SSSR count). The highest BCUT2D eigenvalue weighted by atomic mass is 16.5. The molecule has 76 valence electrons. The number of methoxy groups -OCH3 is 1. The monoisotopic (exact) mass is 194 g/mol. The zero-order chi connectivity index (χ0) is 10.6. The van der Waals surface area contributed by atoms with Gasteiger partial charge in [-0.3, -0.25) is 9.78 Å². The number of esters is 1. The number of rotatable bonds is 3. The summed E-state index contributed by atoms with van der Waals surface area (Å²) < 4.78 is 4.66. The van der Waals surface area contributed by atoms with E-state index < -0.39 is 0 Å². The Bertz CT molecular complexity index is 326. The van der Waals surface area contributed by atoms with Crippen molar-refractivity contribution in [3.05, 3.63) is 29.6 Å². The second kappa shape index (κ2) is 4.72. The molecule has 4 heteroatoms. The lowest BCUT2D eigenvalue weighted by molar-refractivity contribution is -0.142. The van der Waals surface area contributed by atoms with Gasteiger partial charge in [0.25, 0.3) is 0 Å². The number of nitrogens with zero attached hydrogens (tertiary/aromatic N) is 1. The summed E-state index contributed by atoms with van der Waals surface area (Å²) in [6, 6.07) is 3.62. The Labute approximate surface area is 83.1 Å². The first kappa shape index (κ1) is 10.7. The smallest absolute Gasteiger partial charge is 0.314 e. The van der Waals surface area contributed by atoms with Gasteiger partial charge in [-0.2, -0.15) is 0 Å². The molecule has 1 atom stereocenters. The van der Waals surface area contributed by atoms with Crippen LogP contribution in [0, 0.1) is 6.92 Å². The van der Waals surface area contributed by atoms with Gasteiger partial charge in [0.2, 0.25) is 0 Å². The van der Waals surface area contributed by atoms with Crippen LogP contribution in [-0.4, -0.2) is 24.6 Å². The summed E-state index contributed by atoms with van der Waals surface area (Å²) in [5.74, 6) is -0.695. The molecule has 0 aliphatic rings. The molecule has 1 heterocycles. The average Bonchev–Trinajstić information content (AvgIpc) is 2.19. The molecule has 2 N–H and O–H groups in total. The highest BCUT2D eigenvalue weighted by molar-refractivity contribution is 5.78. The number of hydrogen-bond acceptors (Lipinski definition) is 4. The van der Waals surface area contributed by atoms with Crippen molar-refractivity contribution in [2.24, 2.45) is 5.73 Å². The topological polar surface area (TPSA) is 65.2 Å². The summed E-state index contributed by atoms with van der Waals surface area (Å²) in [6.07, 6.45) is 1.66. The minimum atomic E-state index is -0.387. The molecule has 0 aromatic carbocycles. The lowest BCUT2D eigenvalue weighted by atomic mass is 10.00. The molecule has 0 radical (unpaired) electrons. The van der Waals surface area contributed by atoms with Crippen LogP contribution in [0.1, 0.15) is 17.2 Å². The first-order chi connectivity index (χ1) is 6.69. The van der Waals surface area contributed by atoms with Crippen LogP contribution in [0.15, 0.2) is 18.3 Å². The lowest BCUT2D eigenvalue weighted by Crippen LogP contribution is -2.22. The Morgan fingerprint density at radius 3 is 2.93 bits per heavy atom. The molecule has 0 bridgehead atoms. The van der Waals surface area contributed by atoms with Gasteiger partial charge in [0.05, 0.1) is 13.0 Å². The minimum Gasteiger partial charge on any atom is -0.469 e. The van der Waals surface area contributed by atoms with Crippen molar-refractivity contribution in [2.75, 3.05) is 13.7 Å². The van der Waals surface area contributed by atoms with E-state index in [9.17, 15) is 4.79 Å². The van der Waals surface area contributed by atoms with Gasteiger partial charge in [-0.05, 0) is 24.6 Å². The molecule has 1 aromatic heterocycles. The number of nitrogens with two attached hydrogens (primary N) is 1. The van der Waals surface area contributed by atoms with Crippen molar-refractivity contribution < 1.29 is 9.53 Å². The molecule has 0 spiro atoms. The maximum atomic E-state index is 11.3. The fourth-order valence-electron chi connectivity index (χ4n) is 1.29. The number of carbonyl (C=O) groups excluding carboxylic acids is 1. The van der Waals surface area contributed by atoms with Crippen LogP contribution in [0.2, 0.25) is 0 Å². The molecular formula is C10H14N2O2. The van der Waals surface area contributed by atoms with Crippen LogP contribution in [0.25, 0.3) is 0 Å². The number of aromatic nitrogens is 1. The molecule has 14 heavy (non-hydrogen) atoms. The second-order valence-electron chi connectivity index (χ2n) is 3.04. The maximum Gasteiger partial charge on any atom is 0.314 e. The van der Waals surface area contributed by atoms with Crippen molar-refractivity contribution in [3.63, 3.8) is 0 Å². The van der Waals surface area contributed by atoms with Gasteiger partial charge in [-0.25, -0.2) is 0 Å². The number of pyridine rings is 1. The highest BCUT2D eigenvalue weighted by Crippen LogP contribution is 2.15. The fraction of sp³-hybridized carbons (Fsp3) is 0.400. The van der Waals surface area contributed by atoms with E-state index in [1.165, 1.54) is 7.11 Å². The molecule has 0 aliphatic carbocycles. The third kappa shape index (κ3) is 2.29. The van der Waals surface area contributed by atoms with E-state index in [1.807, 2.05) is 13.0 Å². The van der Waals surface area contributed by atoms with Crippen molar-refractivity contribution in [2.45, 2.75) is 12.8 Å². The summed E-state index contributed by atoms with van der Waals surface area (Å²) in [7, 11) is 1.36. The molecule has 0 fully saturated rings. The summed E-state index contributed by atoms with van der Waals surface area (Å²) in [5.41, 5.74) is 7.23. The van der Waals surface area contributed by atoms with Gasteiger partial charge in [0.15, 0.2) is 0 Å². The van der Waals surface area contributed by atoms with Crippen LogP contribution in [0.3, 0.4) is 0 Å². The molecule has 0 saturated heterocycles. The van der Waals surface area contributed by atoms with Gasteiger partial charge < -0.3 is 10.5 Å². The third-order valence-electron chi connectivity index (χ3n) is 2.04. The number of aryl methyl sites for hydroxylation is 1. The Kier molecular flexibility index (Phi) is 3.59. The van der Waals surface area contributed by atoms with Crippen LogP contribution >= 0.6 is 0 Å². The summed E-state index contributed by atoms with van der Waals surface area (Å²) in [6.45, 7) is 2.12. The van der Waals surface area contributed by atoms with E-state index in [0.29, 0.717) is 0 Å². The van der Waals surface area contributed by atoms with E-state index in [2.05, 4.69) is 9.72 Å². The second-order valence-corrected chi connectivity index (χ2v) is 3.04. The third-order valence-corrected chi connectivity index (χ3v) is 2.04. The van der Waals surface area contributed by atoms with E-state index in [4.69, 9.17) is 5.73 Å². The molecule has 1 aromatic rings. The SMILES string of the molecule is COC(=O)C(CN)c1ccnc(C)c1. The molecular weight excluding hydrogens is 180 g/mol. The number of carbonyl (C=O) groups is 1.